The van der Waals surface area contributed by atoms with E-state index >= 15 is 0 Å². The minimum Gasteiger partial charge on any atom is -0.507 e. The number of nitrogens with zero attached hydrogens (tertiary/aromatic N) is 7. The van der Waals surface area contributed by atoms with E-state index in [4.69, 9.17) is 10.5 Å². The number of nitrogen functional groups attached to an aromatic ring is 1. The van der Waals surface area contributed by atoms with Crippen molar-refractivity contribution in [3.8, 4) is 17.0 Å². The van der Waals surface area contributed by atoms with E-state index in [9.17, 15) is 19.5 Å². The van der Waals surface area contributed by atoms with Gasteiger partial charge in [-0.3, -0.25) is 19.8 Å². The summed E-state index contributed by atoms with van der Waals surface area (Å²) in [6.45, 7) is 12.4. The van der Waals surface area contributed by atoms with Crippen molar-refractivity contribution in [2.45, 2.75) is 71.1 Å². The summed E-state index contributed by atoms with van der Waals surface area (Å²) in [5.41, 5.74) is 14.1. The first-order valence-corrected chi connectivity index (χ1v) is 21.7. The molecule has 4 saturated heterocycles. The van der Waals surface area contributed by atoms with Crippen molar-refractivity contribution in [3.05, 3.63) is 95.2 Å². The number of morpholine rings is 1. The van der Waals surface area contributed by atoms with Crippen LogP contribution in [0, 0.1) is 19.8 Å². The third-order valence-electron chi connectivity index (χ3n) is 13.3. The number of nitrogens with two attached hydrogens (primary N) is 1. The molecular formula is C47H55N9O5. The summed E-state index contributed by atoms with van der Waals surface area (Å²) in [6.07, 6.45) is 6.33. The molecular weight excluding hydrogens is 771 g/mol. The third-order valence-corrected chi connectivity index (χ3v) is 13.3. The zero-order chi connectivity index (χ0) is 42.4. The van der Waals surface area contributed by atoms with Crippen LogP contribution in [0.3, 0.4) is 0 Å². The number of amides is 4. The van der Waals surface area contributed by atoms with Crippen molar-refractivity contribution in [2.75, 3.05) is 67.9 Å². The Morgan fingerprint density at radius 1 is 0.902 bits per heavy atom. The lowest BCUT2D eigenvalue weighted by Crippen LogP contribution is -2.49. The van der Waals surface area contributed by atoms with E-state index in [-0.39, 0.29) is 35.8 Å². The van der Waals surface area contributed by atoms with Crippen molar-refractivity contribution in [2.24, 2.45) is 5.92 Å². The number of carbonyl (C=O) groups excluding carboxylic acids is 3. The molecule has 5 aromatic rings. The smallest absolute Gasteiger partial charge is 0.328 e. The number of nitrogens with one attached hydrogen (secondary N) is 1. The van der Waals surface area contributed by atoms with Crippen molar-refractivity contribution < 1.29 is 24.2 Å². The minimum atomic E-state index is -0.354. The van der Waals surface area contributed by atoms with E-state index in [0.717, 1.165) is 91.9 Å². The second kappa shape index (κ2) is 16.8. The van der Waals surface area contributed by atoms with E-state index in [1.807, 2.05) is 55.1 Å². The van der Waals surface area contributed by atoms with Crippen LogP contribution in [0.5, 0.6) is 5.75 Å². The van der Waals surface area contributed by atoms with Crippen LogP contribution in [0.1, 0.15) is 78.2 Å². The molecule has 6 heterocycles. The number of likely N-dealkylation sites (tertiary alicyclic amines) is 2. The molecule has 4 fully saturated rings. The van der Waals surface area contributed by atoms with Gasteiger partial charge in [0.2, 0.25) is 5.91 Å². The Morgan fingerprint density at radius 3 is 2.44 bits per heavy atom. The summed E-state index contributed by atoms with van der Waals surface area (Å²) < 4.78 is 8.87. The maximum Gasteiger partial charge on any atom is 0.328 e. The van der Waals surface area contributed by atoms with Crippen LogP contribution in [0.2, 0.25) is 0 Å². The number of aromatic nitrogens is 3. The van der Waals surface area contributed by atoms with E-state index in [1.165, 1.54) is 5.52 Å². The number of para-hydroxylation sites is 1. The molecule has 14 heteroatoms. The van der Waals surface area contributed by atoms with Crippen LogP contribution in [-0.2, 0) is 9.53 Å². The molecule has 0 unspecified atom stereocenters. The normalized spacial score (nSPS) is 21.0. The highest BCUT2D eigenvalue weighted by atomic mass is 16.5. The molecule has 14 nitrogen and oxygen atoms in total. The lowest BCUT2D eigenvalue weighted by atomic mass is 9.93. The quantitative estimate of drug-likeness (QED) is 0.155. The van der Waals surface area contributed by atoms with Gasteiger partial charge in [-0.15, -0.1) is 10.2 Å². The van der Waals surface area contributed by atoms with Crippen molar-refractivity contribution in [1.29, 1.82) is 0 Å². The zero-order valence-corrected chi connectivity index (χ0v) is 35.2. The summed E-state index contributed by atoms with van der Waals surface area (Å²) in [5.74, 6) is 0.868. The van der Waals surface area contributed by atoms with Gasteiger partial charge in [0.25, 0.3) is 5.91 Å². The Kier molecular flexibility index (Phi) is 11.1. The summed E-state index contributed by atoms with van der Waals surface area (Å²) in [4.78, 5) is 46.5. The standard InChI is InChI=1S/C47H55N9O5/c1-29-24-33(8-9-35(29)43-28-54(26-30(2)61-43)41-25-38(50-51-45(41)48)37-6-4-5-7-42(37)57)46(59)53-20-12-32(13-21-53)27-52-18-14-34(15-19-52)55-22-16-36-31(3)39(10-11-40(36)55)56-23-17-44(58)49-47(56)60/h4-11,16,22,24-25,30,32,34,43,57H,12-15,17-21,23,26-28H2,1-3H3,(H2,48,51)(H,49,58,60)/t30-,43-/m0/s1. The van der Waals surface area contributed by atoms with Gasteiger partial charge in [-0.1, -0.05) is 18.2 Å². The summed E-state index contributed by atoms with van der Waals surface area (Å²) in [7, 11) is 0. The molecule has 0 saturated carbocycles. The molecule has 2 aromatic heterocycles. The number of carbonyl (C=O) groups is 3. The number of piperidine rings is 2. The van der Waals surface area contributed by atoms with Gasteiger partial charge in [-0.25, -0.2) is 4.79 Å². The van der Waals surface area contributed by atoms with Gasteiger partial charge < -0.3 is 34.8 Å². The summed E-state index contributed by atoms with van der Waals surface area (Å²) in [5, 5.41) is 22.5. The Balaban J connectivity index is 0.775. The second-order valence-electron chi connectivity index (χ2n) is 17.3. The number of hydrogen-bond acceptors (Lipinski definition) is 10. The second-order valence-corrected chi connectivity index (χ2v) is 17.3. The van der Waals surface area contributed by atoms with Crippen LogP contribution in [0.15, 0.2) is 72.9 Å². The first-order valence-electron chi connectivity index (χ1n) is 21.7. The van der Waals surface area contributed by atoms with E-state index in [2.05, 4.69) is 55.1 Å². The number of imide groups is 1. The molecule has 4 aliphatic rings. The molecule has 9 rings (SSSR count). The van der Waals surface area contributed by atoms with Crippen LogP contribution in [0.25, 0.3) is 22.2 Å². The number of urea groups is 1. The number of phenolic OH excluding ortho intramolecular Hbond substituents is 1. The van der Waals surface area contributed by atoms with Gasteiger partial charge in [-0.2, -0.15) is 0 Å². The Hall–Kier alpha value is -5.99. The Labute approximate surface area is 356 Å². The van der Waals surface area contributed by atoms with Crippen molar-refractivity contribution in [3.63, 3.8) is 0 Å². The first kappa shape index (κ1) is 40.4. The number of benzene rings is 3. The molecule has 0 aliphatic carbocycles. The molecule has 2 atom stereocenters. The lowest BCUT2D eigenvalue weighted by molar-refractivity contribution is -0.120. The first-order chi connectivity index (χ1) is 29.5. The van der Waals surface area contributed by atoms with Gasteiger partial charge in [0, 0.05) is 98.7 Å². The lowest BCUT2D eigenvalue weighted by Gasteiger charge is -2.39. The van der Waals surface area contributed by atoms with Crippen molar-refractivity contribution in [1.82, 2.24) is 29.9 Å². The largest absolute Gasteiger partial charge is 0.507 e. The van der Waals surface area contributed by atoms with Gasteiger partial charge in [0.05, 0.1) is 17.5 Å². The molecule has 0 bridgehead atoms. The highest BCUT2D eigenvalue weighted by molar-refractivity contribution is 6.07. The number of anilines is 3. The average molecular weight is 826 g/mol. The van der Waals surface area contributed by atoms with Gasteiger partial charge in [-0.05, 0) is 118 Å². The van der Waals surface area contributed by atoms with Crippen LogP contribution >= 0.6 is 0 Å². The molecule has 3 aromatic carbocycles. The average Bonchev–Trinajstić information content (AvgIpc) is 3.70. The van der Waals surface area contributed by atoms with Gasteiger partial charge in [0.15, 0.2) is 5.82 Å². The molecule has 318 valence electrons. The predicted molar refractivity (Wildman–Crippen MR) is 236 cm³/mol. The number of hydrogen-bond donors (Lipinski definition) is 3. The van der Waals surface area contributed by atoms with Crippen molar-refractivity contribution >= 4 is 45.9 Å². The maximum atomic E-state index is 13.8. The topological polar surface area (TPSA) is 162 Å². The number of aryl methyl sites for hydroxylation is 2. The number of phenols is 1. The molecule has 0 spiro atoms. The molecule has 61 heavy (non-hydrogen) atoms. The molecule has 4 N–H and O–H groups in total. The molecule has 0 radical (unpaired) electrons. The SMILES string of the molecule is Cc1cc(C(=O)N2CCC(CN3CCC(n4ccc5c(C)c(N6CCC(=O)NC6=O)ccc54)CC3)CC2)ccc1[C@@H]1CN(c2cc(-c3ccccc3O)nnc2N)C[C@H](C)O1. The molecule has 4 amide bonds. The predicted octanol–water partition coefficient (Wildman–Crippen LogP) is 6.60. The fourth-order valence-corrected chi connectivity index (χ4v) is 9.98. The third kappa shape index (κ3) is 8.14. The monoisotopic (exact) mass is 825 g/mol. The fourth-order valence-electron chi connectivity index (χ4n) is 9.98. The number of ether oxygens (including phenoxy) is 1. The van der Waals surface area contributed by atoms with Crippen LogP contribution < -0.4 is 20.9 Å². The summed E-state index contributed by atoms with van der Waals surface area (Å²) >= 11 is 0. The van der Waals surface area contributed by atoms with Gasteiger partial charge in [0.1, 0.15) is 11.9 Å². The maximum absolute atomic E-state index is 13.8. The van der Waals surface area contributed by atoms with Gasteiger partial charge >= 0.3 is 6.03 Å². The van der Waals surface area contributed by atoms with Crippen LogP contribution in [-0.4, -0.2) is 106 Å². The van der Waals surface area contributed by atoms with E-state index < -0.39 is 0 Å². The van der Waals surface area contributed by atoms with E-state index in [1.54, 1.807) is 23.1 Å². The number of fused-ring (bicyclic) bond motifs is 1. The molecule has 4 aliphatic heterocycles. The number of aromatic hydroxyl groups is 1. The van der Waals surface area contributed by atoms with E-state index in [0.29, 0.717) is 60.7 Å². The Morgan fingerprint density at radius 2 is 1.69 bits per heavy atom. The summed E-state index contributed by atoms with van der Waals surface area (Å²) in [6, 6.07) is 21.3. The van der Waals surface area contributed by atoms with Crippen LogP contribution in [0.4, 0.5) is 22.0 Å². The number of rotatable bonds is 8. The highest BCUT2D eigenvalue weighted by Gasteiger charge is 2.32. The highest BCUT2D eigenvalue weighted by Crippen LogP contribution is 2.37. The fraction of sp³-hybridized carbons (Fsp3) is 0.426. The minimum absolute atomic E-state index is 0.0800. The Bertz CT molecular complexity index is 2470. The zero-order valence-electron chi connectivity index (χ0n) is 35.2.